The molecular formula is C17H19N3O. The monoisotopic (exact) mass is 281 g/mol. The van der Waals surface area contributed by atoms with Gasteiger partial charge in [-0.15, -0.1) is 0 Å². The molecule has 108 valence electrons. The smallest absolute Gasteiger partial charge is 0.326 e. The minimum atomic E-state index is -0.102. The van der Waals surface area contributed by atoms with Gasteiger partial charge >= 0.3 is 6.03 Å². The highest BCUT2D eigenvalue weighted by atomic mass is 16.2. The number of carbonyl (C=O) groups excluding carboxylic acids is 1. The maximum atomic E-state index is 12.6. The van der Waals surface area contributed by atoms with Gasteiger partial charge < -0.3 is 11.1 Å². The van der Waals surface area contributed by atoms with Crippen molar-refractivity contribution in [3.05, 3.63) is 54.1 Å². The quantitative estimate of drug-likeness (QED) is 0.784. The molecule has 21 heavy (non-hydrogen) atoms. The number of hydrogen-bond donors (Lipinski definition) is 2. The Morgan fingerprint density at radius 3 is 2.81 bits per heavy atom. The molecular weight excluding hydrogens is 262 g/mol. The summed E-state index contributed by atoms with van der Waals surface area (Å²) in [6.45, 7) is 0.741. The van der Waals surface area contributed by atoms with E-state index in [0.717, 1.165) is 37.2 Å². The Balaban J connectivity index is 1.84. The molecule has 2 aromatic rings. The van der Waals surface area contributed by atoms with E-state index in [1.807, 2.05) is 35.2 Å². The van der Waals surface area contributed by atoms with Gasteiger partial charge in [0.1, 0.15) is 0 Å². The first-order chi connectivity index (χ1) is 10.2. The summed E-state index contributed by atoms with van der Waals surface area (Å²) in [5, 5.41) is 2.93. The van der Waals surface area contributed by atoms with Gasteiger partial charge in [-0.05, 0) is 49.1 Å². The molecule has 0 saturated carbocycles. The molecule has 0 spiro atoms. The van der Waals surface area contributed by atoms with Crippen LogP contribution in [0.3, 0.4) is 0 Å². The number of para-hydroxylation sites is 1. The van der Waals surface area contributed by atoms with Crippen molar-refractivity contribution in [3.8, 4) is 0 Å². The summed E-state index contributed by atoms with van der Waals surface area (Å²) in [5.74, 6) is 0. The van der Waals surface area contributed by atoms with Crippen LogP contribution < -0.4 is 16.0 Å². The predicted molar refractivity (Wildman–Crippen MR) is 86.6 cm³/mol. The van der Waals surface area contributed by atoms with Gasteiger partial charge in [0.25, 0.3) is 0 Å². The maximum absolute atomic E-state index is 12.6. The van der Waals surface area contributed by atoms with Gasteiger partial charge in [-0.2, -0.15) is 0 Å². The van der Waals surface area contributed by atoms with Crippen molar-refractivity contribution >= 4 is 23.1 Å². The molecule has 0 aliphatic carbocycles. The Bertz CT molecular complexity index is 654. The van der Waals surface area contributed by atoms with Crippen LogP contribution in [0, 0.1) is 0 Å². The van der Waals surface area contributed by atoms with E-state index in [0.29, 0.717) is 5.69 Å². The molecule has 3 rings (SSSR count). The number of benzene rings is 2. The lowest BCUT2D eigenvalue weighted by atomic mass is 10.1. The number of urea groups is 1. The molecule has 0 radical (unpaired) electrons. The molecule has 2 amide bonds. The number of nitrogens with one attached hydrogen (secondary N) is 1. The Kier molecular flexibility index (Phi) is 3.77. The fourth-order valence-electron chi connectivity index (χ4n) is 2.71. The van der Waals surface area contributed by atoms with Gasteiger partial charge in [-0.3, -0.25) is 4.90 Å². The van der Waals surface area contributed by atoms with E-state index in [-0.39, 0.29) is 6.03 Å². The Morgan fingerprint density at radius 1 is 1.10 bits per heavy atom. The zero-order chi connectivity index (χ0) is 14.7. The number of aryl methyl sites for hydroxylation is 1. The number of amides is 2. The molecule has 4 nitrogen and oxygen atoms in total. The van der Waals surface area contributed by atoms with Crippen LogP contribution >= 0.6 is 0 Å². The summed E-state index contributed by atoms with van der Waals surface area (Å²) in [4.78, 5) is 14.4. The largest absolute Gasteiger partial charge is 0.399 e. The number of nitrogen functional groups attached to an aromatic ring is 1. The lowest BCUT2D eigenvalue weighted by molar-refractivity contribution is 0.257. The lowest BCUT2D eigenvalue weighted by Gasteiger charge is -2.23. The Labute approximate surface area is 124 Å². The van der Waals surface area contributed by atoms with Crippen LogP contribution in [0.1, 0.15) is 18.4 Å². The van der Waals surface area contributed by atoms with Gasteiger partial charge in [-0.1, -0.05) is 24.3 Å². The van der Waals surface area contributed by atoms with Gasteiger partial charge in [0.05, 0.1) is 0 Å². The number of anilines is 3. The van der Waals surface area contributed by atoms with E-state index in [1.165, 1.54) is 5.56 Å². The van der Waals surface area contributed by atoms with E-state index in [1.54, 1.807) is 12.1 Å². The van der Waals surface area contributed by atoms with Crippen LogP contribution in [-0.4, -0.2) is 12.6 Å². The van der Waals surface area contributed by atoms with Crippen molar-refractivity contribution in [1.82, 2.24) is 0 Å². The average molecular weight is 281 g/mol. The Hall–Kier alpha value is -2.49. The third-order valence-corrected chi connectivity index (χ3v) is 3.74. The Morgan fingerprint density at radius 2 is 1.95 bits per heavy atom. The summed E-state index contributed by atoms with van der Waals surface area (Å²) in [6.07, 6.45) is 3.15. The minimum Gasteiger partial charge on any atom is -0.399 e. The molecule has 1 aliphatic rings. The molecule has 4 heteroatoms. The third-order valence-electron chi connectivity index (χ3n) is 3.74. The topological polar surface area (TPSA) is 58.4 Å². The third kappa shape index (κ3) is 2.99. The van der Waals surface area contributed by atoms with Crippen LogP contribution in [0.2, 0.25) is 0 Å². The number of rotatable bonds is 1. The second-order valence-corrected chi connectivity index (χ2v) is 5.29. The molecule has 0 saturated heterocycles. The van der Waals surface area contributed by atoms with Gasteiger partial charge in [0.15, 0.2) is 0 Å². The zero-order valence-electron chi connectivity index (χ0n) is 11.9. The molecule has 0 unspecified atom stereocenters. The second-order valence-electron chi connectivity index (χ2n) is 5.29. The van der Waals surface area contributed by atoms with Crippen molar-refractivity contribution in [2.45, 2.75) is 19.3 Å². The number of nitrogens with zero attached hydrogens (tertiary/aromatic N) is 1. The first-order valence-corrected chi connectivity index (χ1v) is 7.26. The van der Waals surface area contributed by atoms with Crippen molar-refractivity contribution in [2.24, 2.45) is 0 Å². The highest BCUT2D eigenvalue weighted by Gasteiger charge is 2.20. The summed E-state index contributed by atoms with van der Waals surface area (Å²) in [5.41, 5.74) is 9.36. The summed E-state index contributed by atoms with van der Waals surface area (Å²) in [7, 11) is 0. The number of nitrogens with two attached hydrogens (primary N) is 1. The summed E-state index contributed by atoms with van der Waals surface area (Å²) < 4.78 is 0. The maximum Gasteiger partial charge on any atom is 0.326 e. The first kappa shape index (κ1) is 13.5. The van der Waals surface area contributed by atoms with E-state index >= 15 is 0 Å². The predicted octanol–water partition coefficient (Wildman–Crippen LogP) is 3.64. The van der Waals surface area contributed by atoms with E-state index in [2.05, 4.69) is 11.4 Å². The van der Waals surface area contributed by atoms with Crippen LogP contribution in [-0.2, 0) is 6.42 Å². The van der Waals surface area contributed by atoms with Gasteiger partial charge in [-0.25, -0.2) is 4.79 Å². The fourth-order valence-corrected chi connectivity index (χ4v) is 2.71. The first-order valence-electron chi connectivity index (χ1n) is 7.26. The molecule has 2 aromatic carbocycles. The van der Waals surface area contributed by atoms with Crippen molar-refractivity contribution in [1.29, 1.82) is 0 Å². The molecule has 1 heterocycles. The van der Waals surface area contributed by atoms with Crippen LogP contribution in [0.5, 0.6) is 0 Å². The van der Waals surface area contributed by atoms with Crippen LogP contribution in [0.25, 0.3) is 0 Å². The fraction of sp³-hybridized carbons (Fsp3) is 0.235. The molecule has 0 fully saturated rings. The van der Waals surface area contributed by atoms with Crippen LogP contribution in [0.4, 0.5) is 21.9 Å². The summed E-state index contributed by atoms with van der Waals surface area (Å²) >= 11 is 0. The van der Waals surface area contributed by atoms with Crippen molar-refractivity contribution in [3.63, 3.8) is 0 Å². The van der Waals surface area contributed by atoms with Crippen LogP contribution in [0.15, 0.2) is 48.5 Å². The molecule has 0 aromatic heterocycles. The van der Waals surface area contributed by atoms with E-state index in [4.69, 9.17) is 5.73 Å². The van der Waals surface area contributed by atoms with Crippen molar-refractivity contribution in [2.75, 3.05) is 22.5 Å². The van der Waals surface area contributed by atoms with Crippen molar-refractivity contribution < 1.29 is 4.79 Å². The highest BCUT2D eigenvalue weighted by molar-refractivity contribution is 6.02. The SMILES string of the molecule is Nc1cccc(NC(=O)N2CCCCc3ccccc32)c1. The molecule has 1 aliphatic heterocycles. The summed E-state index contributed by atoms with van der Waals surface area (Å²) in [6, 6.07) is 15.3. The average Bonchev–Trinajstić information content (AvgIpc) is 2.69. The van der Waals surface area contributed by atoms with Gasteiger partial charge in [0, 0.05) is 23.6 Å². The van der Waals surface area contributed by atoms with E-state index < -0.39 is 0 Å². The zero-order valence-corrected chi connectivity index (χ0v) is 11.9. The number of fused-ring (bicyclic) bond motifs is 1. The van der Waals surface area contributed by atoms with E-state index in [9.17, 15) is 4.79 Å². The van der Waals surface area contributed by atoms with Gasteiger partial charge in [0.2, 0.25) is 0 Å². The molecule has 3 N–H and O–H groups in total. The highest BCUT2D eigenvalue weighted by Crippen LogP contribution is 2.26. The normalized spacial score (nSPS) is 14.2. The number of carbonyl (C=O) groups is 1. The number of hydrogen-bond acceptors (Lipinski definition) is 2. The lowest BCUT2D eigenvalue weighted by Crippen LogP contribution is -2.35. The molecule has 0 bridgehead atoms. The minimum absolute atomic E-state index is 0.102. The second kappa shape index (κ2) is 5.87. The standard InChI is InChI=1S/C17H19N3O/c18-14-8-5-9-15(12-14)19-17(21)20-11-4-3-7-13-6-1-2-10-16(13)20/h1-2,5-6,8-10,12H,3-4,7,11,18H2,(H,19,21). The molecule has 0 atom stereocenters.